The number of nitrogens with zero attached hydrogens (tertiary/aromatic N) is 1. The van der Waals surface area contributed by atoms with Crippen LogP contribution in [0.25, 0.3) is 11.1 Å². The van der Waals surface area contributed by atoms with Gasteiger partial charge in [-0.3, -0.25) is 4.79 Å². The van der Waals surface area contributed by atoms with Crippen LogP contribution in [0.4, 0.5) is 5.69 Å². The Morgan fingerprint density at radius 2 is 2.35 bits per heavy atom. The Kier molecular flexibility index (Phi) is 3.44. The molecule has 0 radical (unpaired) electrons. The van der Waals surface area contributed by atoms with Crippen LogP contribution in [-0.4, -0.2) is 24.0 Å². The van der Waals surface area contributed by atoms with Crippen molar-refractivity contribution in [2.45, 2.75) is 20.3 Å². The first kappa shape index (κ1) is 13.1. The van der Waals surface area contributed by atoms with Crippen molar-refractivity contribution in [3.05, 3.63) is 24.1 Å². The number of aryl methyl sites for hydroxylation is 1. The first-order valence-corrected chi connectivity index (χ1v) is 7.08. The fourth-order valence-electron chi connectivity index (χ4n) is 2.34. The van der Waals surface area contributed by atoms with E-state index in [2.05, 4.69) is 15.6 Å². The molecule has 1 aromatic carbocycles. The molecule has 1 aliphatic heterocycles. The fourth-order valence-corrected chi connectivity index (χ4v) is 2.34. The zero-order valence-corrected chi connectivity index (χ0v) is 11.8. The van der Waals surface area contributed by atoms with Crippen LogP contribution in [0.1, 0.15) is 19.7 Å². The maximum atomic E-state index is 12.2. The van der Waals surface area contributed by atoms with Crippen LogP contribution in [-0.2, 0) is 11.2 Å². The Labute approximate surface area is 117 Å². The quantitative estimate of drug-likeness (QED) is 0.896. The molecule has 3 rings (SSSR count). The van der Waals surface area contributed by atoms with Gasteiger partial charge in [0.1, 0.15) is 5.52 Å². The summed E-state index contributed by atoms with van der Waals surface area (Å²) < 4.78 is 5.56. The van der Waals surface area contributed by atoms with Gasteiger partial charge >= 0.3 is 0 Å². The SMILES string of the molecule is CCc1nc2cc(NC(=O)C(C)C3CNC3)ccc2o1. The largest absolute Gasteiger partial charge is 0.441 e. The van der Waals surface area contributed by atoms with Gasteiger partial charge in [-0.2, -0.15) is 0 Å². The summed E-state index contributed by atoms with van der Waals surface area (Å²) >= 11 is 0. The normalized spacial score (nSPS) is 16.9. The maximum Gasteiger partial charge on any atom is 0.227 e. The van der Waals surface area contributed by atoms with Crippen LogP contribution >= 0.6 is 0 Å². The van der Waals surface area contributed by atoms with Gasteiger partial charge < -0.3 is 15.1 Å². The molecule has 1 atom stereocenters. The van der Waals surface area contributed by atoms with E-state index in [1.54, 1.807) is 0 Å². The Hall–Kier alpha value is -1.88. The summed E-state index contributed by atoms with van der Waals surface area (Å²) in [5, 5.41) is 6.15. The van der Waals surface area contributed by atoms with E-state index in [0.717, 1.165) is 42.2 Å². The Balaban J connectivity index is 1.74. The third-order valence-electron chi connectivity index (χ3n) is 3.94. The molecule has 0 spiro atoms. The number of carbonyl (C=O) groups excluding carboxylic acids is 1. The molecule has 2 N–H and O–H groups in total. The van der Waals surface area contributed by atoms with Crippen LogP contribution in [0.5, 0.6) is 0 Å². The molecule has 20 heavy (non-hydrogen) atoms. The molecule has 0 aliphatic carbocycles. The molecular formula is C15H19N3O2. The number of oxazole rings is 1. The lowest BCUT2D eigenvalue weighted by Gasteiger charge is -2.31. The van der Waals surface area contributed by atoms with Crippen LogP contribution in [0.15, 0.2) is 22.6 Å². The fraction of sp³-hybridized carbons (Fsp3) is 0.467. The first-order chi connectivity index (χ1) is 9.67. The zero-order chi connectivity index (χ0) is 14.1. The summed E-state index contributed by atoms with van der Waals surface area (Å²) in [5.41, 5.74) is 2.33. The standard InChI is InChI=1S/C15H19N3O2/c1-3-14-18-12-6-11(4-5-13(12)20-14)17-15(19)9(2)10-7-16-8-10/h4-6,9-10,16H,3,7-8H2,1-2H3,(H,17,19). The molecule has 1 unspecified atom stereocenters. The van der Waals surface area contributed by atoms with Gasteiger partial charge in [0.15, 0.2) is 11.5 Å². The smallest absolute Gasteiger partial charge is 0.227 e. The van der Waals surface area contributed by atoms with Crippen molar-refractivity contribution in [3.8, 4) is 0 Å². The lowest BCUT2D eigenvalue weighted by atomic mass is 9.88. The third kappa shape index (κ3) is 2.41. The number of carbonyl (C=O) groups is 1. The van der Waals surface area contributed by atoms with Crippen LogP contribution in [0.3, 0.4) is 0 Å². The van der Waals surface area contributed by atoms with Crippen molar-refractivity contribution >= 4 is 22.7 Å². The monoisotopic (exact) mass is 273 g/mol. The molecule has 2 aromatic rings. The van der Waals surface area contributed by atoms with Crippen LogP contribution in [0.2, 0.25) is 0 Å². The van der Waals surface area contributed by atoms with Gasteiger partial charge in [0.2, 0.25) is 5.91 Å². The van der Waals surface area contributed by atoms with Crippen molar-refractivity contribution in [3.63, 3.8) is 0 Å². The van der Waals surface area contributed by atoms with E-state index in [4.69, 9.17) is 4.42 Å². The summed E-state index contributed by atoms with van der Waals surface area (Å²) in [4.78, 5) is 16.5. The molecule has 1 aromatic heterocycles. The summed E-state index contributed by atoms with van der Waals surface area (Å²) in [5.74, 6) is 1.25. The predicted octanol–water partition coefficient (Wildman–Crippen LogP) is 2.18. The summed E-state index contributed by atoms with van der Waals surface area (Å²) in [6.45, 7) is 5.83. The van der Waals surface area contributed by atoms with E-state index < -0.39 is 0 Å². The topological polar surface area (TPSA) is 67.2 Å². The molecule has 2 heterocycles. The summed E-state index contributed by atoms with van der Waals surface area (Å²) in [7, 11) is 0. The van der Waals surface area contributed by atoms with Crippen molar-refractivity contribution in [1.29, 1.82) is 0 Å². The minimum Gasteiger partial charge on any atom is -0.441 e. The number of hydrogen-bond donors (Lipinski definition) is 2. The van der Waals surface area contributed by atoms with E-state index in [-0.39, 0.29) is 11.8 Å². The highest BCUT2D eigenvalue weighted by Gasteiger charge is 2.28. The Morgan fingerprint density at radius 3 is 3.00 bits per heavy atom. The predicted molar refractivity (Wildman–Crippen MR) is 77.5 cm³/mol. The van der Waals surface area contributed by atoms with Gasteiger partial charge in [0.05, 0.1) is 0 Å². The van der Waals surface area contributed by atoms with Gasteiger partial charge in [-0.1, -0.05) is 13.8 Å². The van der Waals surface area contributed by atoms with Gasteiger partial charge in [-0.25, -0.2) is 4.98 Å². The Bertz CT molecular complexity index is 631. The number of aromatic nitrogens is 1. The lowest BCUT2D eigenvalue weighted by molar-refractivity contribution is -0.121. The molecule has 5 heteroatoms. The van der Waals surface area contributed by atoms with E-state index in [9.17, 15) is 4.79 Å². The minimum atomic E-state index is 0.0236. The maximum absolute atomic E-state index is 12.2. The zero-order valence-electron chi connectivity index (χ0n) is 11.8. The number of rotatable bonds is 4. The molecule has 1 saturated heterocycles. The number of nitrogens with one attached hydrogen (secondary N) is 2. The number of amides is 1. The lowest BCUT2D eigenvalue weighted by Crippen LogP contribution is -2.48. The van der Waals surface area contributed by atoms with Crippen molar-refractivity contribution in [1.82, 2.24) is 10.3 Å². The second kappa shape index (κ2) is 5.25. The number of hydrogen-bond acceptors (Lipinski definition) is 4. The molecule has 1 fully saturated rings. The molecule has 1 amide bonds. The van der Waals surface area contributed by atoms with Gasteiger partial charge in [0.25, 0.3) is 0 Å². The van der Waals surface area contributed by atoms with Crippen molar-refractivity contribution in [2.24, 2.45) is 11.8 Å². The highest BCUT2D eigenvalue weighted by molar-refractivity contribution is 5.94. The van der Waals surface area contributed by atoms with Crippen LogP contribution in [0, 0.1) is 11.8 Å². The summed E-state index contributed by atoms with van der Waals surface area (Å²) in [6.07, 6.45) is 0.766. The average Bonchev–Trinajstić information content (AvgIpc) is 2.78. The molecular weight excluding hydrogens is 254 g/mol. The van der Waals surface area contributed by atoms with E-state index in [1.165, 1.54) is 0 Å². The van der Waals surface area contributed by atoms with E-state index in [1.807, 2.05) is 32.0 Å². The molecule has 0 saturated carbocycles. The van der Waals surface area contributed by atoms with E-state index in [0.29, 0.717) is 5.92 Å². The molecule has 5 nitrogen and oxygen atoms in total. The third-order valence-corrected chi connectivity index (χ3v) is 3.94. The number of anilines is 1. The second-order valence-electron chi connectivity index (χ2n) is 5.34. The summed E-state index contributed by atoms with van der Waals surface area (Å²) in [6, 6.07) is 5.57. The Morgan fingerprint density at radius 1 is 1.55 bits per heavy atom. The molecule has 1 aliphatic rings. The second-order valence-corrected chi connectivity index (χ2v) is 5.34. The van der Waals surface area contributed by atoms with Gasteiger partial charge in [0, 0.05) is 18.0 Å². The highest BCUT2D eigenvalue weighted by Crippen LogP contribution is 2.22. The number of fused-ring (bicyclic) bond motifs is 1. The van der Waals surface area contributed by atoms with Gasteiger partial charge in [-0.05, 0) is 37.2 Å². The van der Waals surface area contributed by atoms with Crippen molar-refractivity contribution in [2.75, 3.05) is 18.4 Å². The van der Waals surface area contributed by atoms with Crippen molar-refractivity contribution < 1.29 is 9.21 Å². The molecule has 0 bridgehead atoms. The van der Waals surface area contributed by atoms with E-state index >= 15 is 0 Å². The first-order valence-electron chi connectivity index (χ1n) is 7.08. The highest BCUT2D eigenvalue weighted by atomic mass is 16.3. The van der Waals surface area contributed by atoms with Gasteiger partial charge in [-0.15, -0.1) is 0 Å². The minimum absolute atomic E-state index is 0.0236. The molecule has 106 valence electrons. The van der Waals surface area contributed by atoms with Crippen LogP contribution < -0.4 is 10.6 Å². The average molecular weight is 273 g/mol. The number of benzene rings is 1.